The van der Waals surface area contributed by atoms with Crippen molar-refractivity contribution in [1.82, 2.24) is 9.88 Å². The summed E-state index contributed by atoms with van der Waals surface area (Å²) in [7, 11) is 0. The minimum atomic E-state index is 0.0949. The predicted octanol–water partition coefficient (Wildman–Crippen LogP) is 3.82. The summed E-state index contributed by atoms with van der Waals surface area (Å²) in [5.74, 6) is 0.0949. The summed E-state index contributed by atoms with van der Waals surface area (Å²) < 4.78 is 0. The number of nitrogens with zero attached hydrogens (tertiary/aromatic N) is 3. The standard InChI is InChI=1S/C22H22N4O2/c27-22-19(15-7-1-3-9-17(15)24-22)21-20(16-8-2-4-10-18(16)23-21)25-28-14-13-26-11-5-6-12-26/h1-4,7-10,24,27H,5-6,11-14H2. The molecule has 0 radical (unpaired) electrons. The summed E-state index contributed by atoms with van der Waals surface area (Å²) in [4.78, 5) is 15.9. The first-order chi connectivity index (χ1) is 13.8. The van der Waals surface area contributed by atoms with Crippen molar-refractivity contribution in [3.63, 3.8) is 0 Å². The van der Waals surface area contributed by atoms with Crippen molar-refractivity contribution < 1.29 is 9.94 Å². The van der Waals surface area contributed by atoms with Gasteiger partial charge in [-0.05, 0) is 38.1 Å². The van der Waals surface area contributed by atoms with Crippen LogP contribution in [0.15, 0.2) is 58.7 Å². The Kier molecular flexibility index (Phi) is 4.33. The van der Waals surface area contributed by atoms with Gasteiger partial charge in [-0.25, -0.2) is 4.99 Å². The Morgan fingerprint density at radius 2 is 1.86 bits per heavy atom. The molecule has 2 aliphatic rings. The molecule has 0 unspecified atom stereocenters. The molecule has 2 aliphatic heterocycles. The van der Waals surface area contributed by atoms with Crippen LogP contribution in [-0.2, 0) is 4.84 Å². The van der Waals surface area contributed by atoms with E-state index in [0.29, 0.717) is 23.6 Å². The van der Waals surface area contributed by atoms with E-state index in [1.54, 1.807) is 0 Å². The third-order valence-electron chi connectivity index (χ3n) is 5.39. The first kappa shape index (κ1) is 17.0. The van der Waals surface area contributed by atoms with Crippen molar-refractivity contribution in [2.75, 3.05) is 26.2 Å². The number of rotatable bonds is 5. The fraction of sp³-hybridized carbons (Fsp3) is 0.273. The van der Waals surface area contributed by atoms with Gasteiger partial charge in [-0.15, -0.1) is 0 Å². The molecule has 0 saturated carbocycles. The zero-order chi connectivity index (χ0) is 18.9. The molecule has 0 spiro atoms. The Bertz CT molecular complexity index is 1080. The van der Waals surface area contributed by atoms with E-state index < -0.39 is 0 Å². The van der Waals surface area contributed by atoms with E-state index in [9.17, 15) is 5.11 Å². The molecule has 0 amide bonds. The van der Waals surface area contributed by atoms with Crippen molar-refractivity contribution in [2.45, 2.75) is 12.8 Å². The summed E-state index contributed by atoms with van der Waals surface area (Å²) in [5, 5.41) is 15.9. The summed E-state index contributed by atoms with van der Waals surface area (Å²) >= 11 is 0. The predicted molar refractivity (Wildman–Crippen MR) is 111 cm³/mol. The molecule has 3 heterocycles. The summed E-state index contributed by atoms with van der Waals surface area (Å²) in [6.45, 7) is 3.69. The number of oxime groups is 1. The maximum atomic E-state index is 10.6. The van der Waals surface area contributed by atoms with E-state index in [0.717, 1.165) is 41.8 Å². The average Bonchev–Trinajstić information content (AvgIpc) is 3.42. The minimum absolute atomic E-state index is 0.0949. The highest BCUT2D eigenvalue weighted by Crippen LogP contribution is 2.35. The van der Waals surface area contributed by atoms with Crippen LogP contribution in [0.2, 0.25) is 0 Å². The highest BCUT2D eigenvalue weighted by Gasteiger charge is 2.29. The van der Waals surface area contributed by atoms with E-state index >= 15 is 0 Å². The molecule has 6 heteroatoms. The topological polar surface area (TPSA) is 73.2 Å². The molecule has 3 aromatic rings. The van der Waals surface area contributed by atoms with Crippen LogP contribution in [0.4, 0.5) is 5.69 Å². The Balaban J connectivity index is 1.48. The van der Waals surface area contributed by atoms with E-state index in [1.807, 2.05) is 48.5 Å². The van der Waals surface area contributed by atoms with Crippen LogP contribution in [0, 0.1) is 0 Å². The van der Waals surface area contributed by atoms with Crippen molar-refractivity contribution in [3.05, 3.63) is 59.7 Å². The number of aliphatic imine (C=N–C) groups is 1. The molecule has 28 heavy (non-hydrogen) atoms. The zero-order valence-electron chi connectivity index (χ0n) is 15.6. The van der Waals surface area contributed by atoms with Gasteiger partial charge in [-0.2, -0.15) is 0 Å². The average molecular weight is 374 g/mol. The number of nitrogens with one attached hydrogen (secondary N) is 1. The van der Waals surface area contributed by atoms with Crippen molar-refractivity contribution in [2.24, 2.45) is 10.1 Å². The molecule has 5 rings (SSSR count). The van der Waals surface area contributed by atoms with E-state index in [-0.39, 0.29) is 5.88 Å². The smallest absolute Gasteiger partial charge is 0.199 e. The lowest BCUT2D eigenvalue weighted by molar-refractivity contribution is 0.119. The van der Waals surface area contributed by atoms with Crippen LogP contribution in [0.3, 0.4) is 0 Å². The summed E-state index contributed by atoms with van der Waals surface area (Å²) in [6, 6.07) is 15.6. The third kappa shape index (κ3) is 2.96. The van der Waals surface area contributed by atoms with Gasteiger partial charge in [0.2, 0.25) is 0 Å². The Morgan fingerprint density at radius 3 is 2.75 bits per heavy atom. The molecule has 0 atom stereocenters. The third-order valence-corrected chi connectivity index (χ3v) is 5.39. The lowest BCUT2D eigenvalue weighted by Gasteiger charge is -2.13. The second-order valence-electron chi connectivity index (χ2n) is 7.19. The van der Waals surface area contributed by atoms with Crippen molar-refractivity contribution in [1.29, 1.82) is 0 Å². The molecule has 1 saturated heterocycles. The number of H-pyrrole nitrogens is 1. The van der Waals surface area contributed by atoms with Crippen LogP contribution in [0.5, 0.6) is 5.88 Å². The molecule has 0 bridgehead atoms. The molecule has 1 aromatic heterocycles. The lowest BCUT2D eigenvalue weighted by atomic mass is 10.0. The highest BCUT2D eigenvalue weighted by atomic mass is 16.6. The summed E-state index contributed by atoms with van der Waals surface area (Å²) in [5.41, 5.74) is 4.58. The van der Waals surface area contributed by atoms with Crippen molar-refractivity contribution >= 4 is 28.0 Å². The molecule has 0 aliphatic carbocycles. The number of aromatic nitrogens is 1. The zero-order valence-corrected chi connectivity index (χ0v) is 15.6. The first-order valence-corrected chi connectivity index (χ1v) is 9.72. The number of para-hydroxylation sites is 2. The number of hydrogen-bond acceptors (Lipinski definition) is 5. The van der Waals surface area contributed by atoms with Gasteiger partial charge in [0.05, 0.1) is 11.3 Å². The van der Waals surface area contributed by atoms with Gasteiger partial charge in [-0.1, -0.05) is 41.6 Å². The molecule has 142 valence electrons. The lowest BCUT2D eigenvalue weighted by Crippen LogP contribution is -2.23. The van der Waals surface area contributed by atoms with Crippen molar-refractivity contribution in [3.8, 4) is 5.88 Å². The Hall–Kier alpha value is -3.12. The second kappa shape index (κ2) is 7.13. The fourth-order valence-electron chi connectivity index (χ4n) is 3.99. The van der Waals surface area contributed by atoms with Crippen LogP contribution in [0.25, 0.3) is 10.9 Å². The quantitative estimate of drug-likeness (QED) is 0.527. The van der Waals surface area contributed by atoms with Gasteiger partial charge in [-0.3, -0.25) is 4.90 Å². The molecular weight excluding hydrogens is 352 g/mol. The molecule has 2 N–H and O–H groups in total. The molecule has 6 nitrogen and oxygen atoms in total. The number of hydrogen-bond donors (Lipinski definition) is 2. The summed E-state index contributed by atoms with van der Waals surface area (Å²) in [6.07, 6.45) is 2.52. The van der Waals surface area contributed by atoms with Gasteiger partial charge in [0, 0.05) is 23.0 Å². The maximum absolute atomic E-state index is 10.6. The number of aromatic amines is 1. The Labute approximate surface area is 163 Å². The van der Waals surface area contributed by atoms with E-state index in [2.05, 4.69) is 15.0 Å². The van der Waals surface area contributed by atoms with Gasteiger partial charge in [0.25, 0.3) is 0 Å². The van der Waals surface area contributed by atoms with Gasteiger partial charge in [0.1, 0.15) is 18.0 Å². The fourth-order valence-corrected chi connectivity index (χ4v) is 3.99. The van der Waals surface area contributed by atoms with Gasteiger partial charge in [0.15, 0.2) is 5.88 Å². The first-order valence-electron chi connectivity index (χ1n) is 9.72. The van der Waals surface area contributed by atoms with Crippen LogP contribution >= 0.6 is 0 Å². The van der Waals surface area contributed by atoms with Crippen LogP contribution in [0.1, 0.15) is 24.0 Å². The number of likely N-dealkylation sites (tertiary alicyclic amines) is 1. The number of aromatic hydroxyl groups is 1. The largest absolute Gasteiger partial charge is 0.494 e. The molecular formula is C22H22N4O2. The molecule has 1 fully saturated rings. The second-order valence-corrected chi connectivity index (χ2v) is 7.19. The molecule has 2 aromatic carbocycles. The van der Waals surface area contributed by atoms with E-state index in [4.69, 9.17) is 9.83 Å². The maximum Gasteiger partial charge on any atom is 0.199 e. The monoisotopic (exact) mass is 374 g/mol. The van der Waals surface area contributed by atoms with Gasteiger partial charge < -0.3 is 14.9 Å². The number of benzene rings is 2. The normalized spacial score (nSPS) is 18.0. The minimum Gasteiger partial charge on any atom is -0.494 e. The van der Waals surface area contributed by atoms with Gasteiger partial charge >= 0.3 is 0 Å². The SMILES string of the molecule is Oc1[nH]c2ccccc2c1C1=Nc2ccccc2C1=NOCCN1CCCC1. The number of fused-ring (bicyclic) bond motifs is 2. The van der Waals surface area contributed by atoms with Crippen LogP contribution < -0.4 is 0 Å². The van der Waals surface area contributed by atoms with E-state index in [1.165, 1.54) is 12.8 Å². The highest BCUT2D eigenvalue weighted by molar-refractivity contribution is 6.58. The Morgan fingerprint density at radius 1 is 1.07 bits per heavy atom. The van der Waals surface area contributed by atoms with Crippen LogP contribution in [-0.4, -0.2) is 52.7 Å².